The van der Waals surface area contributed by atoms with Crippen LogP contribution in [0.1, 0.15) is 10.4 Å². The van der Waals surface area contributed by atoms with Crippen LogP contribution in [0, 0.1) is 5.92 Å². The molecule has 2 rings (SSSR count). The number of carboxylic acids is 1. The second kappa shape index (κ2) is 6.21. The van der Waals surface area contributed by atoms with Crippen molar-refractivity contribution in [2.24, 2.45) is 5.92 Å². The van der Waals surface area contributed by atoms with Crippen molar-refractivity contribution in [3.05, 3.63) is 28.8 Å². The van der Waals surface area contributed by atoms with Gasteiger partial charge in [0.05, 0.1) is 29.7 Å². The maximum Gasteiger partial charge on any atom is 0.337 e. The highest BCUT2D eigenvalue weighted by molar-refractivity contribution is 6.33. The molecule has 0 saturated carbocycles. The highest BCUT2D eigenvalue weighted by Gasteiger charge is 2.33. The smallest absolute Gasteiger partial charge is 0.337 e. The summed E-state index contributed by atoms with van der Waals surface area (Å²) < 4.78 is 5.27. The van der Waals surface area contributed by atoms with Gasteiger partial charge in [-0.3, -0.25) is 4.79 Å². The second-order valence-electron chi connectivity index (χ2n) is 4.53. The van der Waals surface area contributed by atoms with Crippen LogP contribution in [0.3, 0.4) is 0 Å². The number of anilines is 1. The first-order valence-electron chi connectivity index (χ1n) is 6.11. The number of ether oxygens (including phenoxy) is 1. The number of rotatable bonds is 4. The van der Waals surface area contributed by atoms with E-state index in [1.165, 1.54) is 18.2 Å². The summed E-state index contributed by atoms with van der Waals surface area (Å²) in [5.74, 6) is -1.56. The van der Waals surface area contributed by atoms with Crippen LogP contribution in [0.4, 0.5) is 5.69 Å². The molecule has 0 spiro atoms. The van der Waals surface area contributed by atoms with Crippen molar-refractivity contribution in [2.45, 2.75) is 6.04 Å². The van der Waals surface area contributed by atoms with Crippen LogP contribution >= 0.6 is 11.6 Å². The Labute approximate surface area is 121 Å². The van der Waals surface area contributed by atoms with Crippen molar-refractivity contribution in [3.8, 4) is 0 Å². The third-order valence-electron chi connectivity index (χ3n) is 3.26. The maximum absolute atomic E-state index is 12.1. The summed E-state index contributed by atoms with van der Waals surface area (Å²) in [6.07, 6.45) is 0. The van der Waals surface area contributed by atoms with E-state index in [0.29, 0.717) is 18.9 Å². The first-order chi connectivity index (χ1) is 9.52. The number of hydrogen-bond acceptors (Lipinski definition) is 4. The molecule has 6 nitrogen and oxygen atoms in total. The van der Waals surface area contributed by atoms with E-state index in [1.807, 2.05) is 0 Å². The van der Waals surface area contributed by atoms with Crippen LogP contribution in [0.2, 0.25) is 5.02 Å². The highest BCUT2D eigenvalue weighted by atomic mass is 35.5. The number of likely N-dealkylation sites (N-methyl/N-ethyl adjacent to an activating group) is 1. The van der Waals surface area contributed by atoms with Gasteiger partial charge in [0.25, 0.3) is 0 Å². The van der Waals surface area contributed by atoms with Crippen molar-refractivity contribution in [1.82, 2.24) is 5.32 Å². The summed E-state index contributed by atoms with van der Waals surface area (Å²) in [4.78, 5) is 23.0. The summed E-state index contributed by atoms with van der Waals surface area (Å²) in [7, 11) is 1.78. The molecule has 0 aliphatic carbocycles. The average Bonchev–Trinajstić information content (AvgIpc) is 2.86. The number of benzene rings is 1. The number of aromatic carboxylic acids is 1. The Kier molecular flexibility index (Phi) is 4.59. The number of nitrogens with one attached hydrogen (secondary N) is 2. The fourth-order valence-corrected chi connectivity index (χ4v) is 2.36. The molecule has 1 aromatic rings. The lowest BCUT2D eigenvalue weighted by atomic mass is 10.0. The Balaban J connectivity index is 2.08. The summed E-state index contributed by atoms with van der Waals surface area (Å²) in [6, 6.07) is 4.27. The number of halogens is 1. The molecule has 108 valence electrons. The van der Waals surface area contributed by atoms with Gasteiger partial charge in [0.15, 0.2) is 0 Å². The minimum absolute atomic E-state index is 0.00182. The van der Waals surface area contributed by atoms with E-state index < -0.39 is 5.97 Å². The standard InChI is InChI=1S/C13H15ClN2O4/c1-15-11-6-20-5-9(11)12(17)16-7-2-3-8(13(18)19)10(14)4-7/h2-4,9,11,15H,5-6H2,1H3,(H,16,17)(H,18,19). The molecule has 1 aliphatic heterocycles. The molecule has 0 bridgehead atoms. The summed E-state index contributed by atoms with van der Waals surface area (Å²) in [6.45, 7) is 0.853. The lowest BCUT2D eigenvalue weighted by molar-refractivity contribution is -0.120. The molecular weight excluding hydrogens is 284 g/mol. The van der Waals surface area contributed by atoms with Crippen molar-refractivity contribution >= 4 is 29.2 Å². The molecule has 20 heavy (non-hydrogen) atoms. The molecule has 1 amide bonds. The minimum atomic E-state index is -1.10. The predicted molar refractivity (Wildman–Crippen MR) is 74.2 cm³/mol. The number of carbonyl (C=O) groups excluding carboxylic acids is 1. The van der Waals surface area contributed by atoms with E-state index in [-0.39, 0.29) is 28.5 Å². The van der Waals surface area contributed by atoms with Gasteiger partial charge >= 0.3 is 5.97 Å². The van der Waals surface area contributed by atoms with Crippen molar-refractivity contribution in [3.63, 3.8) is 0 Å². The van der Waals surface area contributed by atoms with Gasteiger partial charge in [-0.05, 0) is 25.2 Å². The zero-order valence-corrected chi connectivity index (χ0v) is 11.6. The number of carboxylic acid groups (broad SMARTS) is 1. The van der Waals surface area contributed by atoms with Crippen LogP contribution in [-0.4, -0.2) is 43.3 Å². The Bertz CT molecular complexity index is 535. The predicted octanol–water partition coefficient (Wildman–Crippen LogP) is 1.21. The molecule has 2 atom stereocenters. The number of carbonyl (C=O) groups is 2. The zero-order valence-electron chi connectivity index (χ0n) is 10.9. The van der Waals surface area contributed by atoms with Crippen molar-refractivity contribution < 1.29 is 19.4 Å². The quantitative estimate of drug-likeness (QED) is 0.778. The molecule has 1 aliphatic rings. The zero-order chi connectivity index (χ0) is 14.7. The summed E-state index contributed by atoms with van der Waals surface area (Å²) >= 11 is 5.85. The lowest BCUT2D eigenvalue weighted by Gasteiger charge is -2.16. The molecule has 1 heterocycles. The van der Waals surface area contributed by atoms with Gasteiger partial charge in [-0.1, -0.05) is 11.6 Å². The second-order valence-corrected chi connectivity index (χ2v) is 4.94. The van der Waals surface area contributed by atoms with Gasteiger partial charge in [-0.25, -0.2) is 4.79 Å². The fraction of sp³-hybridized carbons (Fsp3) is 0.385. The van der Waals surface area contributed by atoms with Crippen LogP contribution < -0.4 is 10.6 Å². The average molecular weight is 299 g/mol. The molecule has 1 saturated heterocycles. The van der Waals surface area contributed by atoms with Gasteiger partial charge in [0.2, 0.25) is 5.91 Å². The molecule has 1 fully saturated rings. The molecule has 2 unspecified atom stereocenters. The van der Waals surface area contributed by atoms with Gasteiger partial charge in [-0.2, -0.15) is 0 Å². The van der Waals surface area contributed by atoms with E-state index in [9.17, 15) is 9.59 Å². The van der Waals surface area contributed by atoms with Crippen LogP contribution in [0.25, 0.3) is 0 Å². The Morgan fingerprint density at radius 2 is 2.15 bits per heavy atom. The Morgan fingerprint density at radius 1 is 1.40 bits per heavy atom. The molecule has 0 radical (unpaired) electrons. The van der Waals surface area contributed by atoms with E-state index in [1.54, 1.807) is 7.05 Å². The van der Waals surface area contributed by atoms with Gasteiger partial charge < -0.3 is 20.5 Å². The molecule has 1 aromatic carbocycles. The summed E-state index contributed by atoms with van der Waals surface area (Å²) in [5, 5.41) is 14.7. The van der Waals surface area contributed by atoms with Crippen LogP contribution in [0.15, 0.2) is 18.2 Å². The van der Waals surface area contributed by atoms with Crippen LogP contribution in [0.5, 0.6) is 0 Å². The molecular formula is C13H15ClN2O4. The largest absolute Gasteiger partial charge is 0.478 e. The fourth-order valence-electron chi connectivity index (χ4n) is 2.10. The monoisotopic (exact) mass is 298 g/mol. The normalized spacial score (nSPS) is 21.7. The first kappa shape index (κ1) is 14.8. The lowest BCUT2D eigenvalue weighted by Crippen LogP contribution is -2.39. The van der Waals surface area contributed by atoms with Crippen molar-refractivity contribution in [1.29, 1.82) is 0 Å². The van der Waals surface area contributed by atoms with Crippen LogP contribution in [-0.2, 0) is 9.53 Å². The first-order valence-corrected chi connectivity index (χ1v) is 6.49. The Hall–Kier alpha value is -1.63. The molecule has 3 N–H and O–H groups in total. The third-order valence-corrected chi connectivity index (χ3v) is 3.57. The number of amides is 1. The van der Waals surface area contributed by atoms with E-state index in [2.05, 4.69) is 10.6 Å². The van der Waals surface area contributed by atoms with Gasteiger partial charge in [0, 0.05) is 11.7 Å². The van der Waals surface area contributed by atoms with Gasteiger partial charge in [-0.15, -0.1) is 0 Å². The van der Waals surface area contributed by atoms with E-state index >= 15 is 0 Å². The van der Waals surface area contributed by atoms with Gasteiger partial charge in [0.1, 0.15) is 0 Å². The summed E-state index contributed by atoms with van der Waals surface area (Å²) in [5.41, 5.74) is 0.466. The highest BCUT2D eigenvalue weighted by Crippen LogP contribution is 2.22. The maximum atomic E-state index is 12.1. The Morgan fingerprint density at radius 3 is 2.75 bits per heavy atom. The third kappa shape index (κ3) is 3.09. The van der Waals surface area contributed by atoms with E-state index in [0.717, 1.165) is 0 Å². The molecule has 7 heteroatoms. The number of hydrogen-bond donors (Lipinski definition) is 3. The SMILES string of the molecule is CNC1COCC1C(=O)Nc1ccc(C(=O)O)c(Cl)c1. The topological polar surface area (TPSA) is 87.7 Å². The van der Waals surface area contributed by atoms with E-state index in [4.69, 9.17) is 21.4 Å². The van der Waals surface area contributed by atoms with Crippen molar-refractivity contribution in [2.75, 3.05) is 25.6 Å². The minimum Gasteiger partial charge on any atom is -0.478 e. The molecule has 0 aromatic heterocycles.